The Kier molecular flexibility index (Phi) is 6.05. The van der Waals surface area contributed by atoms with Gasteiger partial charge in [-0.25, -0.2) is 0 Å². The summed E-state index contributed by atoms with van der Waals surface area (Å²) in [5, 5.41) is 0.638. The summed E-state index contributed by atoms with van der Waals surface area (Å²) < 4.78 is 0. The topological polar surface area (TPSA) is 46.3 Å². The van der Waals surface area contributed by atoms with E-state index in [0.717, 1.165) is 5.56 Å². The Balaban J connectivity index is 0.00000192. The molecular formula is C18H20Cl2N2O. The third-order valence-corrected chi connectivity index (χ3v) is 4.61. The molecule has 0 spiro atoms. The fourth-order valence-corrected chi connectivity index (χ4v) is 3.20. The van der Waals surface area contributed by atoms with Crippen molar-refractivity contribution in [3.05, 3.63) is 70.7 Å². The molecule has 0 aliphatic carbocycles. The van der Waals surface area contributed by atoms with Crippen LogP contribution in [-0.4, -0.2) is 29.9 Å². The minimum absolute atomic E-state index is 0. The summed E-state index contributed by atoms with van der Waals surface area (Å²) in [7, 11) is 0. The molecule has 1 aliphatic heterocycles. The molecule has 0 saturated carbocycles. The number of hydrogen-bond donors (Lipinski definition) is 1. The number of amides is 1. The van der Waals surface area contributed by atoms with E-state index in [1.807, 2.05) is 47.4 Å². The van der Waals surface area contributed by atoms with Crippen LogP contribution in [0.2, 0.25) is 5.02 Å². The van der Waals surface area contributed by atoms with E-state index in [2.05, 4.69) is 12.1 Å². The van der Waals surface area contributed by atoms with Crippen molar-refractivity contribution >= 4 is 29.9 Å². The van der Waals surface area contributed by atoms with Gasteiger partial charge in [-0.2, -0.15) is 0 Å². The molecule has 2 aromatic rings. The molecule has 1 aliphatic rings. The average molecular weight is 351 g/mol. The number of carbonyl (C=O) groups is 1. The number of nitrogens with two attached hydrogens (primary N) is 1. The zero-order valence-corrected chi connectivity index (χ0v) is 14.3. The van der Waals surface area contributed by atoms with Gasteiger partial charge in [0.1, 0.15) is 0 Å². The summed E-state index contributed by atoms with van der Waals surface area (Å²) in [6.07, 6.45) is 0.327. The Labute approximate surface area is 147 Å². The van der Waals surface area contributed by atoms with Crippen molar-refractivity contribution < 1.29 is 4.79 Å². The quantitative estimate of drug-likeness (QED) is 0.923. The summed E-state index contributed by atoms with van der Waals surface area (Å²) in [4.78, 5) is 14.4. The minimum Gasteiger partial charge on any atom is -0.340 e. The van der Waals surface area contributed by atoms with E-state index >= 15 is 0 Å². The van der Waals surface area contributed by atoms with Crippen molar-refractivity contribution in [3.8, 4) is 0 Å². The Bertz CT molecular complexity index is 663. The van der Waals surface area contributed by atoms with Gasteiger partial charge < -0.3 is 10.6 Å². The Morgan fingerprint density at radius 2 is 1.74 bits per heavy atom. The molecule has 1 amide bonds. The molecule has 2 N–H and O–H groups in total. The van der Waals surface area contributed by atoms with Crippen LogP contribution in [0.4, 0.5) is 0 Å². The second-order valence-electron chi connectivity index (χ2n) is 5.75. The van der Waals surface area contributed by atoms with Gasteiger partial charge in [-0.05, 0) is 17.2 Å². The van der Waals surface area contributed by atoms with Crippen molar-refractivity contribution in [1.29, 1.82) is 0 Å². The van der Waals surface area contributed by atoms with Gasteiger partial charge in [0.15, 0.2) is 0 Å². The smallest absolute Gasteiger partial charge is 0.227 e. The molecule has 0 unspecified atom stereocenters. The zero-order valence-electron chi connectivity index (χ0n) is 12.7. The molecule has 1 heterocycles. The van der Waals surface area contributed by atoms with Gasteiger partial charge >= 0.3 is 0 Å². The van der Waals surface area contributed by atoms with Crippen molar-refractivity contribution in [2.24, 2.45) is 5.73 Å². The monoisotopic (exact) mass is 350 g/mol. The standard InChI is InChI=1S/C18H19ClN2O.ClH/c19-16-9-5-4-8-14(16)10-18(22)21-11-15(17(20)12-21)13-6-2-1-3-7-13;/h1-9,15,17H,10-12,20H2;1H/t15-,17+;/m0./s1. The lowest BCUT2D eigenvalue weighted by atomic mass is 9.95. The first-order valence-electron chi connectivity index (χ1n) is 7.47. The van der Waals surface area contributed by atoms with E-state index in [4.69, 9.17) is 17.3 Å². The molecule has 5 heteroatoms. The largest absolute Gasteiger partial charge is 0.340 e. The van der Waals surface area contributed by atoms with Crippen molar-refractivity contribution in [3.63, 3.8) is 0 Å². The highest BCUT2D eigenvalue weighted by atomic mass is 35.5. The molecular weight excluding hydrogens is 331 g/mol. The van der Waals surface area contributed by atoms with Crippen LogP contribution in [0, 0.1) is 0 Å². The zero-order chi connectivity index (χ0) is 15.5. The second kappa shape index (κ2) is 7.82. The van der Waals surface area contributed by atoms with E-state index in [0.29, 0.717) is 24.5 Å². The summed E-state index contributed by atoms with van der Waals surface area (Å²) >= 11 is 6.13. The maximum atomic E-state index is 12.5. The first-order valence-corrected chi connectivity index (χ1v) is 7.84. The van der Waals surface area contributed by atoms with Crippen molar-refractivity contribution in [1.82, 2.24) is 4.90 Å². The minimum atomic E-state index is -0.0161. The van der Waals surface area contributed by atoms with E-state index in [-0.39, 0.29) is 30.3 Å². The van der Waals surface area contributed by atoms with Crippen LogP contribution in [0.25, 0.3) is 0 Å². The first kappa shape index (κ1) is 17.8. The number of hydrogen-bond acceptors (Lipinski definition) is 2. The van der Waals surface area contributed by atoms with Gasteiger partial charge in [0.2, 0.25) is 5.91 Å². The molecule has 0 radical (unpaired) electrons. The van der Waals surface area contributed by atoms with E-state index < -0.39 is 0 Å². The van der Waals surface area contributed by atoms with Gasteiger partial charge in [0.25, 0.3) is 0 Å². The SMILES string of the molecule is Cl.N[C@@H]1CN(C(=O)Cc2ccccc2Cl)C[C@H]1c1ccccc1. The molecule has 3 rings (SSSR count). The number of halogens is 2. The van der Waals surface area contributed by atoms with E-state index in [9.17, 15) is 4.79 Å². The van der Waals surface area contributed by atoms with Crippen molar-refractivity contribution in [2.45, 2.75) is 18.4 Å². The summed E-state index contributed by atoms with van der Waals surface area (Å²) in [5.74, 6) is 0.290. The molecule has 122 valence electrons. The fourth-order valence-electron chi connectivity index (χ4n) is 3.00. The number of rotatable bonds is 3. The maximum Gasteiger partial charge on any atom is 0.227 e. The van der Waals surface area contributed by atoms with Crippen LogP contribution in [0.3, 0.4) is 0 Å². The predicted octanol–water partition coefficient (Wildman–Crippen LogP) is 3.26. The Morgan fingerprint density at radius 1 is 1.09 bits per heavy atom. The lowest BCUT2D eigenvalue weighted by Gasteiger charge is -2.17. The summed E-state index contributed by atoms with van der Waals surface area (Å²) in [6.45, 7) is 1.28. The first-order chi connectivity index (χ1) is 10.6. The molecule has 1 saturated heterocycles. The van der Waals surface area contributed by atoms with Crippen LogP contribution < -0.4 is 5.73 Å². The molecule has 3 nitrogen and oxygen atoms in total. The lowest BCUT2D eigenvalue weighted by Crippen LogP contribution is -2.33. The second-order valence-corrected chi connectivity index (χ2v) is 6.16. The van der Waals surface area contributed by atoms with Gasteiger partial charge in [-0.3, -0.25) is 4.79 Å². The maximum absolute atomic E-state index is 12.5. The highest BCUT2D eigenvalue weighted by Gasteiger charge is 2.33. The summed E-state index contributed by atoms with van der Waals surface area (Å²) in [6, 6.07) is 17.6. The van der Waals surface area contributed by atoms with Gasteiger partial charge in [0, 0.05) is 30.1 Å². The third-order valence-electron chi connectivity index (χ3n) is 4.25. The number of benzene rings is 2. The number of carbonyl (C=O) groups excluding carboxylic acids is 1. The van der Waals surface area contributed by atoms with Crippen molar-refractivity contribution in [2.75, 3.05) is 13.1 Å². The fraction of sp³-hybridized carbons (Fsp3) is 0.278. The number of nitrogens with zero attached hydrogens (tertiary/aromatic N) is 1. The molecule has 0 aromatic heterocycles. The average Bonchev–Trinajstić information content (AvgIpc) is 2.92. The molecule has 2 aromatic carbocycles. The van der Waals surface area contributed by atoms with Gasteiger partial charge in [0.05, 0.1) is 6.42 Å². The number of likely N-dealkylation sites (tertiary alicyclic amines) is 1. The Morgan fingerprint density at radius 3 is 2.43 bits per heavy atom. The van der Waals surface area contributed by atoms with Gasteiger partial charge in [-0.1, -0.05) is 60.1 Å². The van der Waals surface area contributed by atoms with Crippen LogP contribution in [0.1, 0.15) is 17.0 Å². The summed E-state index contributed by atoms with van der Waals surface area (Å²) in [5.41, 5.74) is 8.31. The highest BCUT2D eigenvalue weighted by Crippen LogP contribution is 2.27. The van der Waals surface area contributed by atoms with Crippen LogP contribution in [-0.2, 0) is 11.2 Å². The van der Waals surface area contributed by atoms with Gasteiger partial charge in [-0.15, -0.1) is 12.4 Å². The van der Waals surface area contributed by atoms with Crippen LogP contribution >= 0.6 is 24.0 Å². The lowest BCUT2D eigenvalue weighted by molar-refractivity contribution is -0.129. The van der Waals surface area contributed by atoms with Crippen LogP contribution in [0.15, 0.2) is 54.6 Å². The normalized spacial score (nSPS) is 20.2. The Hall–Kier alpha value is -1.55. The predicted molar refractivity (Wildman–Crippen MR) is 96.1 cm³/mol. The highest BCUT2D eigenvalue weighted by molar-refractivity contribution is 6.31. The molecule has 1 fully saturated rings. The third kappa shape index (κ3) is 4.05. The van der Waals surface area contributed by atoms with E-state index in [1.54, 1.807) is 0 Å². The van der Waals surface area contributed by atoms with E-state index in [1.165, 1.54) is 5.56 Å². The molecule has 2 atom stereocenters. The molecule has 23 heavy (non-hydrogen) atoms. The van der Waals surface area contributed by atoms with Crippen LogP contribution in [0.5, 0.6) is 0 Å². The molecule has 0 bridgehead atoms.